The largest absolute Gasteiger partial charge is 0.258 e. The number of rotatable bonds is 4. The molecule has 1 rings (SSSR count). The van der Waals surface area contributed by atoms with Gasteiger partial charge in [0.25, 0.3) is 0 Å². The van der Waals surface area contributed by atoms with E-state index in [-0.39, 0.29) is 5.82 Å². The second-order valence-corrected chi connectivity index (χ2v) is 4.26. The third-order valence-electron chi connectivity index (χ3n) is 3.22. The average Bonchev–Trinajstić information content (AvgIpc) is 2.24. The van der Waals surface area contributed by atoms with Gasteiger partial charge in [-0.25, -0.2) is 4.39 Å². The Hall–Kier alpha value is -0.920. The van der Waals surface area contributed by atoms with Gasteiger partial charge in [0.1, 0.15) is 5.82 Å². The van der Waals surface area contributed by atoms with Crippen LogP contribution in [0.3, 0.4) is 0 Å². The Morgan fingerprint density at radius 2 is 2.00 bits per heavy atom. The minimum Gasteiger partial charge on any atom is -0.258 e. The summed E-state index contributed by atoms with van der Waals surface area (Å²) in [5, 5.41) is 0. The van der Waals surface area contributed by atoms with E-state index in [2.05, 4.69) is 25.8 Å². The summed E-state index contributed by atoms with van der Waals surface area (Å²) in [7, 11) is 0. The van der Waals surface area contributed by atoms with Crippen LogP contribution in [0.2, 0.25) is 0 Å². The van der Waals surface area contributed by atoms with E-state index in [1.807, 2.05) is 6.07 Å². The minimum atomic E-state index is -0.210. The molecule has 0 aliphatic heterocycles. The highest BCUT2D eigenvalue weighted by molar-refractivity contribution is 5.19. The maximum atomic E-state index is 13.1. The number of aryl methyl sites for hydroxylation is 1. The van der Waals surface area contributed by atoms with Gasteiger partial charge in [-0.15, -0.1) is 0 Å². The smallest absolute Gasteiger partial charge is 0.144 e. The van der Waals surface area contributed by atoms with Crippen LogP contribution >= 0.6 is 0 Å². The van der Waals surface area contributed by atoms with Crippen LogP contribution in [0.5, 0.6) is 0 Å². The lowest BCUT2D eigenvalue weighted by molar-refractivity contribution is 0.425. The van der Waals surface area contributed by atoms with Gasteiger partial charge in [0.05, 0.1) is 6.20 Å². The SMILES string of the molecule is CCC(C)C(CC)c1cc(C)c(F)cn1. The molecule has 1 heterocycles. The van der Waals surface area contributed by atoms with Crippen molar-refractivity contribution in [3.63, 3.8) is 0 Å². The Morgan fingerprint density at radius 1 is 1.33 bits per heavy atom. The lowest BCUT2D eigenvalue weighted by atomic mass is 9.86. The summed E-state index contributed by atoms with van der Waals surface area (Å²) in [5.41, 5.74) is 1.73. The molecule has 1 aromatic rings. The zero-order valence-electron chi connectivity index (χ0n) is 10.0. The Kier molecular flexibility index (Phi) is 4.25. The fraction of sp³-hybridized carbons (Fsp3) is 0.615. The number of aromatic nitrogens is 1. The lowest BCUT2D eigenvalue weighted by Crippen LogP contribution is -2.10. The molecule has 0 fully saturated rings. The van der Waals surface area contributed by atoms with Gasteiger partial charge in [-0.2, -0.15) is 0 Å². The molecular formula is C13H20FN. The van der Waals surface area contributed by atoms with Crippen LogP contribution in [0.25, 0.3) is 0 Å². The van der Waals surface area contributed by atoms with Crippen molar-refractivity contribution in [3.05, 3.63) is 29.3 Å². The molecule has 0 amide bonds. The third-order valence-corrected chi connectivity index (χ3v) is 3.22. The van der Waals surface area contributed by atoms with Gasteiger partial charge in [-0.3, -0.25) is 4.98 Å². The van der Waals surface area contributed by atoms with Crippen molar-refractivity contribution in [1.29, 1.82) is 0 Å². The van der Waals surface area contributed by atoms with E-state index in [0.29, 0.717) is 17.4 Å². The predicted octanol–water partition coefficient (Wildman–Crippen LogP) is 4.07. The summed E-state index contributed by atoms with van der Waals surface area (Å²) >= 11 is 0. The van der Waals surface area contributed by atoms with E-state index in [4.69, 9.17) is 0 Å². The number of hydrogen-bond donors (Lipinski definition) is 0. The summed E-state index contributed by atoms with van der Waals surface area (Å²) in [6.07, 6.45) is 3.54. The highest BCUT2D eigenvalue weighted by Crippen LogP contribution is 2.29. The van der Waals surface area contributed by atoms with Crippen LogP contribution < -0.4 is 0 Å². The van der Waals surface area contributed by atoms with E-state index in [9.17, 15) is 4.39 Å². The maximum Gasteiger partial charge on any atom is 0.144 e. The van der Waals surface area contributed by atoms with Crippen molar-refractivity contribution >= 4 is 0 Å². The van der Waals surface area contributed by atoms with E-state index in [1.54, 1.807) is 6.92 Å². The number of hydrogen-bond acceptors (Lipinski definition) is 1. The molecule has 0 radical (unpaired) electrons. The Balaban J connectivity index is 2.97. The maximum absolute atomic E-state index is 13.1. The standard InChI is InChI=1S/C13H20FN/c1-5-9(3)11(6-2)13-7-10(4)12(14)8-15-13/h7-9,11H,5-6H2,1-4H3. The summed E-state index contributed by atoms with van der Waals surface area (Å²) in [6.45, 7) is 8.37. The second kappa shape index (κ2) is 5.24. The van der Waals surface area contributed by atoms with E-state index < -0.39 is 0 Å². The molecule has 0 aliphatic carbocycles. The lowest BCUT2D eigenvalue weighted by Gasteiger charge is -2.21. The second-order valence-electron chi connectivity index (χ2n) is 4.26. The van der Waals surface area contributed by atoms with Gasteiger partial charge < -0.3 is 0 Å². The molecule has 1 aromatic heterocycles. The molecule has 0 N–H and O–H groups in total. The molecule has 1 nitrogen and oxygen atoms in total. The summed E-state index contributed by atoms with van der Waals surface area (Å²) in [6, 6.07) is 1.88. The monoisotopic (exact) mass is 209 g/mol. The first-order valence-corrected chi connectivity index (χ1v) is 5.72. The van der Waals surface area contributed by atoms with Crippen molar-refractivity contribution < 1.29 is 4.39 Å². The zero-order valence-corrected chi connectivity index (χ0v) is 10.0. The van der Waals surface area contributed by atoms with Crippen molar-refractivity contribution in [1.82, 2.24) is 4.98 Å². The highest BCUT2D eigenvalue weighted by atomic mass is 19.1. The average molecular weight is 209 g/mol. The van der Waals surface area contributed by atoms with Crippen molar-refractivity contribution in [3.8, 4) is 0 Å². The topological polar surface area (TPSA) is 12.9 Å². The quantitative estimate of drug-likeness (QED) is 0.728. The number of pyridine rings is 1. The van der Waals surface area contributed by atoms with E-state index in [1.165, 1.54) is 6.20 Å². The van der Waals surface area contributed by atoms with Crippen molar-refractivity contribution in [2.75, 3.05) is 0 Å². The van der Waals surface area contributed by atoms with Gasteiger partial charge in [-0.05, 0) is 30.9 Å². The van der Waals surface area contributed by atoms with E-state index in [0.717, 1.165) is 18.5 Å². The number of nitrogens with zero attached hydrogens (tertiary/aromatic N) is 1. The first-order valence-electron chi connectivity index (χ1n) is 5.72. The Labute approximate surface area is 91.7 Å². The summed E-state index contributed by atoms with van der Waals surface area (Å²) < 4.78 is 13.1. The van der Waals surface area contributed by atoms with Crippen molar-refractivity contribution in [2.24, 2.45) is 5.92 Å². The fourth-order valence-corrected chi connectivity index (χ4v) is 1.95. The Morgan fingerprint density at radius 3 is 2.47 bits per heavy atom. The number of halogens is 1. The van der Waals surface area contributed by atoms with Crippen LogP contribution in [0.15, 0.2) is 12.3 Å². The molecule has 0 bridgehead atoms. The molecule has 84 valence electrons. The summed E-state index contributed by atoms with van der Waals surface area (Å²) in [5.74, 6) is 0.847. The van der Waals surface area contributed by atoms with Crippen molar-refractivity contribution in [2.45, 2.75) is 46.5 Å². The van der Waals surface area contributed by atoms with Crippen LogP contribution in [-0.4, -0.2) is 4.98 Å². The molecule has 0 spiro atoms. The molecule has 2 atom stereocenters. The van der Waals surface area contributed by atoms with Crippen LogP contribution in [-0.2, 0) is 0 Å². The zero-order chi connectivity index (χ0) is 11.4. The van der Waals surface area contributed by atoms with E-state index >= 15 is 0 Å². The molecule has 2 heteroatoms. The molecular weight excluding hydrogens is 189 g/mol. The van der Waals surface area contributed by atoms with Gasteiger partial charge in [0.2, 0.25) is 0 Å². The third kappa shape index (κ3) is 2.77. The van der Waals surface area contributed by atoms with Gasteiger partial charge in [0.15, 0.2) is 0 Å². The molecule has 0 saturated heterocycles. The molecule has 0 saturated carbocycles. The highest BCUT2D eigenvalue weighted by Gasteiger charge is 2.17. The Bertz CT molecular complexity index is 322. The molecule has 2 unspecified atom stereocenters. The molecule has 0 aromatic carbocycles. The first kappa shape index (κ1) is 12.2. The van der Waals surface area contributed by atoms with Crippen LogP contribution in [0, 0.1) is 18.7 Å². The van der Waals surface area contributed by atoms with Gasteiger partial charge >= 0.3 is 0 Å². The first-order chi connectivity index (χ1) is 7.10. The predicted molar refractivity (Wildman–Crippen MR) is 61.4 cm³/mol. The fourth-order valence-electron chi connectivity index (χ4n) is 1.95. The molecule has 0 aliphatic rings. The molecule has 15 heavy (non-hydrogen) atoms. The normalized spacial score (nSPS) is 15.0. The van der Waals surface area contributed by atoms with Crippen LogP contribution in [0.4, 0.5) is 4.39 Å². The summed E-state index contributed by atoms with van der Waals surface area (Å²) in [4.78, 5) is 4.20. The van der Waals surface area contributed by atoms with Crippen LogP contribution in [0.1, 0.15) is 50.8 Å². The minimum absolute atomic E-state index is 0.210. The van der Waals surface area contributed by atoms with Gasteiger partial charge in [-0.1, -0.05) is 27.2 Å². The van der Waals surface area contributed by atoms with Gasteiger partial charge in [0, 0.05) is 11.6 Å².